The molecule has 2 aromatic carbocycles. The molecule has 3 fully saturated rings. The van der Waals surface area contributed by atoms with Crippen molar-refractivity contribution in [2.75, 3.05) is 10.2 Å². The fourth-order valence-corrected chi connectivity index (χ4v) is 6.15. The van der Waals surface area contributed by atoms with E-state index in [4.69, 9.17) is 11.6 Å². The van der Waals surface area contributed by atoms with Crippen molar-refractivity contribution in [1.29, 1.82) is 0 Å². The van der Waals surface area contributed by atoms with Crippen LogP contribution in [0.25, 0.3) is 0 Å². The van der Waals surface area contributed by atoms with E-state index < -0.39 is 17.6 Å². The van der Waals surface area contributed by atoms with Crippen LogP contribution in [0.4, 0.5) is 24.5 Å². The van der Waals surface area contributed by atoms with Gasteiger partial charge in [-0.2, -0.15) is 13.2 Å². The van der Waals surface area contributed by atoms with Crippen molar-refractivity contribution in [3.8, 4) is 0 Å². The number of alkyl halides is 3. The summed E-state index contributed by atoms with van der Waals surface area (Å²) in [6.07, 6.45) is 0.629. The standard InChI is InChI=1S/C25H18ClF3N2O3/c26-18-7-4-12(25(27,28)29)9-19(18)30-22(32)11-2-1-3-13(8-11)31-23(33)20-14-5-6-15(17-10-16(14)17)21(20)24(31)34/h1-9,14-17,20-21H,10H2,(H,30,32)/t14-,15-,16-,17-,20+,21+/m0/s1. The van der Waals surface area contributed by atoms with E-state index in [1.165, 1.54) is 23.1 Å². The summed E-state index contributed by atoms with van der Waals surface area (Å²) < 4.78 is 39.1. The fraction of sp³-hybridized carbons (Fsp3) is 0.320. The van der Waals surface area contributed by atoms with Gasteiger partial charge in [0, 0.05) is 5.56 Å². The van der Waals surface area contributed by atoms with Gasteiger partial charge in [0.1, 0.15) is 0 Å². The molecule has 5 nitrogen and oxygen atoms in total. The van der Waals surface area contributed by atoms with Crippen LogP contribution < -0.4 is 10.2 Å². The Morgan fingerprint density at radius 3 is 2.24 bits per heavy atom. The van der Waals surface area contributed by atoms with Crippen LogP contribution in [0.2, 0.25) is 5.02 Å². The molecule has 1 saturated heterocycles. The first-order valence-corrected chi connectivity index (χ1v) is 11.4. The third-order valence-electron chi connectivity index (χ3n) is 7.57. The molecule has 2 bridgehead atoms. The van der Waals surface area contributed by atoms with Crippen molar-refractivity contribution in [3.05, 3.63) is 70.8 Å². The van der Waals surface area contributed by atoms with E-state index >= 15 is 0 Å². The second-order valence-corrected chi connectivity index (χ2v) is 9.77. The van der Waals surface area contributed by atoms with E-state index in [9.17, 15) is 27.6 Å². The van der Waals surface area contributed by atoms with Gasteiger partial charge in [0.05, 0.1) is 33.8 Å². The lowest BCUT2D eigenvalue weighted by atomic mass is 9.63. The quantitative estimate of drug-likeness (QED) is 0.481. The monoisotopic (exact) mass is 486 g/mol. The number of benzene rings is 2. The first-order valence-electron chi connectivity index (χ1n) is 11.0. The van der Waals surface area contributed by atoms with Crippen molar-refractivity contribution in [2.24, 2.45) is 35.5 Å². The van der Waals surface area contributed by atoms with Gasteiger partial charge in [-0.3, -0.25) is 14.4 Å². The van der Waals surface area contributed by atoms with E-state index in [1.807, 2.05) is 0 Å². The molecule has 1 N–H and O–H groups in total. The lowest BCUT2D eigenvalue weighted by Crippen LogP contribution is -2.40. The number of rotatable bonds is 3. The summed E-state index contributed by atoms with van der Waals surface area (Å²) in [6.45, 7) is 0. The van der Waals surface area contributed by atoms with Crippen LogP contribution in [0.1, 0.15) is 22.3 Å². The van der Waals surface area contributed by atoms with Gasteiger partial charge in [0.25, 0.3) is 5.91 Å². The molecule has 34 heavy (non-hydrogen) atoms. The number of carbonyl (C=O) groups is 3. The van der Waals surface area contributed by atoms with Crippen molar-refractivity contribution < 1.29 is 27.6 Å². The minimum absolute atomic E-state index is 0.0481. The summed E-state index contributed by atoms with van der Waals surface area (Å²) in [7, 11) is 0. The molecule has 0 unspecified atom stereocenters. The summed E-state index contributed by atoms with van der Waals surface area (Å²) in [4.78, 5) is 40.6. The van der Waals surface area contributed by atoms with Gasteiger partial charge < -0.3 is 5.32 Å². The lowest BCUT2D eigenvalue weighted by Gasteiger charge is -2.37. The minimum Gasteiger partial charge on any atom is -0.321 e. The molecule has 7 rings (SSSR count). The van der Waals surface area contributed by atoms with Gasteiger partial charge in [-0.1, -0.05) is 29.8 Å². The normalized spacial score (nSPS) is 30.9. The summed E-state index contributed by atoms with van der Waals surface area (Å²) in [5.74, 6) is -0.837. The highest BCUT2D eigenvalue weighted by atomic mass is 35.5. The first kappa shape index (κ1) is 21.4. The SMILES string of the molecule is O=C(Nc1cc(C(F)(F)F)ccc1Cl)c1cccc(N2C(=O)[C@@H]3[C@H]4C=C[C@@H]([C@@H]5C[C@@H]45)[C@H]3C2=O)c1. The maximum atomic E-state index is 13.3. The molecule has 2 saturated carbocycles. The Hall–Kier alpha value is -3.13. The van der Waals surface area contributed by atoms with Gasteiger partial charge >= 0.3 is 6.18 Å². The molecule has 1 aliphatic heterocycles. The highest BCUT2D eigenvalue weighted by Crippen LogP contribution is 2.65. The molecule has 3 amide bonds. The third-order valence-corrected chi connectivity index (χ3v) is 7.90. The molecular formula is C25H18ClF3N2O3. The molecule has 9 heteroatoms. The number of nitrogens with zero attached hydrogens (tertiary/aromatic N) is 1. The van der Waals surface area contributed by atoms with Crippen LogP contribution in [-0.4, -0.2) is 17.7 Å². The van der Waals surface area contributed by atoms with Gasteiger partial charge in [-0.15, -0.1) is 0 Å². The Bertz CT molecular complexity index is 1250. The Kier molecular flexibility index (Phi) is 4.52. The van der Waals surface area contributed by atoms with Crippen molar-refractivity contribution >= 4 is 40.7 Å². The molecule has 5 aliphatic rings. The average molecular weight is 487 g/mol. The van der Waals surface area contributed by atoms with Crippen LogP contribution in [0.5, 0.6) is 0 Å². The maximum Gasteiger partial charge on any atom is 0.416 e. The number of allylic oxidation sites excluding steroid dienone is 2. The lowest BCUT2D eigenvalue weighted by molar-refractivity contribution is -0.137. The molecule has 4 aliphatic carbocycles. The Labute approximate surface area is 197 Å². The topological polar surface area (TPSA) is 66.5 Å². The largest absolute Gasteiger partial charge is 0.416 e. The van der Waals surface area contributed by atoms with Crippen LogP contribution in [0.15, 0.2) is 54.6 Å². The third kappa shape index (κ3) is 3.11. The van der Waals surface area contributed by atoms with Gasteiger partial charge in [0.2, 0.25) is 11.8 Å². The summed E-state index contributed by atoms with van der Waals surface area (Å²) in [5, 5.41) is 2.35. The zero-order valence-electron chi connectivity index (χ0n) is 17.6. The van der Waals surface area contributed by atoms with E-state index in [-0.39, 0.29) is 57.4 Å². The molecular weight excluding hydrogens is 469 g/mol. The van der Waals surface area contributed by atoms with Gasteiger partial charge in [0.15, 0.2) is 0 Å². The molecule has 1 heterocycles. The molecule has 6 atom stereocenters. The number of imide groups is 1. The number of halogens is 4. The second kappa shape index (κ2) is 7.18. The second-order valence-electron chi connectivity index (χ2n) is 9.36. The Morgan fingerprint density at radius 2 is 1.62 bits per heavy atom. The molecule has 174 valence electrons. The Morgan fingerprint density at radius 1 is 0.971 bits per heavy atom. The van der Waals surface area contributed by atoms with Crippen LogP contribution in [-0.2, 0) is 15.8 Å². The van der Waals surface area contributed by atoms with E-state index in [0.29, 0.717) is 11.8 Å². The minimum atomic E-state index is -4.59. The predicted molar refractivity (Wildman–Crippen MR) is 118 cm³/mol. The van der Waals surface area contributed by atoms with Crippen molar-refractivity contribution in [2.45, 2.75) is 12.6 Å². The number of carbonyl (C=O) groups excluding carboxylic acids is 3. The number of nitrogens with one attached hydrogen (secondary N) is 1. The molecule has 2 aromatic rings. The van der Waals surface area contributed by atoms with Crippen LogP contribution in [0, 0.1) is 35.5 Å². The van der Waals surface area contributed by atoms with Gasteiger partial charge in [-0.25, -0.2) is 4.90 Å². The zero-order chi connectivity index (χ0) is 23.9. The number of hydrogen-bond acceptors (Lipinski definition) is 3. The van der Waals surface area contributed by atoms with Crippen molar-refractivity contribution in [1.82, 2.24) is 0 Å². The average Bonchev–Trinajstić information content (AvgIpc) is 3.58. The van der Waals surface area contributed by atoms with E-state index in [0.717, 1.165) is 24.6 Å². The molecule has 0 spiro atoms. The summed E-state index contributed by atoms with van der Waals surface area (Å²) in [6, 6.07) is 8.62. The van der Waals surface area contributed by atoms with Gasteiger partial charge in [-0.05, 0) is 66.5 Å². The maximum absolute atomic E-state index is 13.3. The number of amides is 3. The molecule has 0 radical (unpaired) electrons. The predicted octanol–water partition coefficient (Wildman–Crippen LogP) is 5.17. The van der Waals surface area contributed by atoms with E-state index in [2.05, 4.69) is 17.5 Å². The first-order chi connectivity index (χ1) is 16.1. The highest BCUT2D eigenvalue weighted by molar-refractivity contribution is 6.34. The van der Waals surface area contributed by atoms with Crippen LogP contribution >= 0.6 is 11.6 Å². The molecule has 0 aromatic heterocycles. The zero-order valence-corrected chi connectivity index (χ0v) is 18.3. The summed E-state index contributed by atoms with van der Waals surface area (Å²) >= 11 is 5.98. The van der Waals surface area contributed by atoms with Crippen LogP contribution in [0.3, 0.4) is 0 Å². The summed E-state index contributed by atoms with van der Waals surface area (Å²) in [5.41, 5.74) is -0.767. The fourth-order valence-electron chi connectivity index (χ4n) is 5.99. The smallest absolute Gasteiger partial charge is 0.321 e. The number of hydrogen-bond donors (Lipinski definition) is 1. The van der Waals surface area contributed by atoms with Crippen molar-refractivity contribution in [3.63, 3.8) is 0 Å². The van der Waals surface area contributed by atoms with E-state index in [1.54, 1.807) is 6.07 Å². The highest BCUT2D eigenvalue weighted by Gasteiger charge is 2.67. The Balaban J connectivity index is 1.27. The number of anilines is 2.